The molecule has 0 atom stereocenters. The van der Waals surface area contributed by atoms with Crippen molar-refractivity contribution in [1.29, 1.82) is 0 Å². The number of hydrogen-bond acceptors (Lipinski definition) is 7. The van der Waals surface area contributed by atoms with Gasteiger partial charge in [0.1, 0.15) is 0 Å². The monoisotopic (exact) mass is 350 g/mol. The second-order valence-electron chi connectivity index (χ2n) is 5.75. The Hall–Kier alpha value is -1.77. The highest BCUT2D eigenvalue weighted by molar-refractivity contribution is 7.12. The molecular formula is C16H22N4O3S. The highest BCUT2D eigenvalue weighted by atomic mass is 32.1. The van der Waals surface area contributed by atoms with Crippen LogP contribution in [-0.2, 0) is 17.7 Å². The maximum Gasteiger partial charge on any atom is 0.263 e. The van der Waals surface area contributed by atoms with Crippen molar-refractivity contribution in [3.8, 4) is 0 Å². The summed E-state index contributed by atoms with van der Waals surface area (Å²) in [5, 5.41) is 5.90. The molecule has 2 aromatic rings. The van der Waals surface area contributed by atoms with Crippen molar-refractivity contribution in [3.05, 3.63) is 34.1 Å². The normalized spacial score (nSPS) is 16.3. The molecule has 0 N–H and O–H groups in total. The molecule has 24 heavy (non-hydrogen) atoms. The Balaban J connectivity index is 1.52. The summed E-state index contributed by atoms with van der Waals surface area (Å²) in [4.78, 5) is 21.8. The lowest BCUT2D eigenvalue weighted by molar-refractivity contribution is 0.0765. The molecule has 0 aliphatic carbocycles. The highest BCUT2D eigenvalue weighted by Crippen LogP contribution is 2.15. The van der Waals surface area contributed by atoms with Gasteiger partial charge in [0, 0.05) is 39.7 Å². The van der Waals surface area contributed by atoms with Crippen LogP contribution in [-0.4, -0.2) is 65.7 Å². The molecule has 8 heteroatoms. The first-order chi connectivity index (χ1) is 11.8. The topological polar surface area (TPSA) is 71.7 Å². The van der Waals surface area contributed by atoms with E-state index >= 15 is 0 Å². The van der Waals surface area contributed by atoms with Gasteiger partial charge in [-0.15, -0.1) is 11.3 Å². The van der Waals surface area contributed by atoms with E-state index in [0.717, 1.165) is 37.5 Å². The first-order valence-electron chi connectivity index (χ1n) is 8.12. The smallest absolute Gasteiger partial charge is 0.263 e. The van der Waals surface area contributed by atoms with Gasteiger partial charge in [-0.05, 0) is 17.9 Å². The van der Waals surface area contributed by atoms with Crippen LogP contribution in [0.1, 0.15) is 27.8 Å². The molecule has 130 valence electrons. The van der Waals surface area contributed by atoms with Gasteiger partial charge in [0.05, 0.1) is 18.0 Å². The summed E-state index contributed by atoms with van der Waals surface area (Å²) in [5.41, 5.74) is 0. The minimum absolute atomic E-state index is 0.131. The maximum absolute atomic E-state index is 12.4. The van der Waals surface area contributed by atoms with Gasteiger partial charge in [0.15, 0.2) is 5.82 Å². The number of thiophene rings is 1. The minimum Gasteiger partial charge on any atom is -0.384 e. The Morgan fingerprint density at radius 3 is 3.08 bits per heavy atom. The molecule has 1 aliphatic rings. The van der Waals surface area contributed by atoms with Gasteiger partial charge in [0.25, 0.3) is 5.91 Å². The Morgan fingerprint density at radius 2 is 2.29 bits per heavy atom. The van der Waals surface area contributed by atoms with Gasteiger partial charge in [-0.2, -0.15) is 4.98 Å². The molecule has 3 heterocycles. The summed E-state index contributed by atoms with van der Waals surface area (Å²) in [6.07, 6.45) is 1.60. The molecule has 1 aliphatic heterocycles. The zero-order chi connectivity index (χ0) is 16.8. The number of ether oxygens (including phenoxy) is 1. The molecule has 0 spiro atoms. The molecule has 0 radical (unpaired) electrons. The van der Waals surface area contributed by atoms with E-state index in [1.165, 1.54) is 11.3 Å². The molecule has 2 aromatic heterocycles. The molecule has 1 amide bonds. The number of aromatic nitrogens is 2. The zero-order valence-electron chi connectivity index (χ0n) is 13.8. The minimum atomic E-state index is 0.131. The van der Waals surface area contributed by atoms with Gasteiger partial charge < -0.3 is 14.2 Å². The third-order valence-electron chi connectivity index (χ3n) is 4.01. The standard InChI is InChI=1S/C16H22N4O3S/c1-22-10-5-14-17-15(23-18-14)12-19-6-3-7-20(9-8-19)16(21)13-4-2-11-24-13/h2,4,11H,3,5-10,12H2,1H3. The highest BCUT2D eigenvalue weighted by Gasteiger charge is 2.22. The van der Waals surface area contributed by atoms with Crippen LogP contribution < -0.4 is 0 Å². The Labute approximate surface area is 145 Å². The van der Waals surface area contributed by atoms with Gasteiger partial charge in [0.2, 0.25) is 5.89 Å². The summed E-state index contributed by atoms with van der Waals surface area (Å²) in [6, 6.07) is 3.80. The van der Waals surface area contributed by atoms with Crippen LogP contribution in [0, 0.1) is 0 Å². The van der Waals surface area contributed by atoms with Gasteiger partial charge in [-0.3, -0.25) is 9.69 Å². The first-order valence-corrected chi connectivity index (χ1v) is 9.00. The van der Waals surface area contributed by atoms with Crippen molar-refractivity contribution >= 4 is 17.2 Å². The average molecular weight is 350 g/mol. The fourth-order valence-electron chi connectivity index (χ4n) is 2.73. The van der Waals surface area contributed by atoms with E-state index in [4.69, 9.17) is 9.26 Å². The van der Waals surface area contributed by atoms with E-state index in [1.807, 2.05) is 22.4 Å². The van der Waals surface area contributed by atoms with Crippen molar-refractivity contribution in [2.45, 2.75) is 19.4 Å². The second kappa shape index (κ2) is 8.36. The third-order valence-corrected chi connectivity index (χ3v) is 4.86. The van der Waals surface area contributed by atoms with Crippen LogP contribution in [0.25, 0.3) is 0 Å². The largest absolute Gasteiger partial charge is 0.384 e. The zero-order valence-corrected chi connectivity index (χ0v) is 14.6. The van der Waals surface area contributed by atoms with Crippen molar-refractivity contribution in [2.75, 3.05) is 39.9 Å². The van der Waals surface area contributed by atoms with Crippen LogP contribution in [0.2, 0.25) is 0 Å². The summed E-state index contributed by atoms with van der Waals surface area (Å²) < 4.78 is 10.3. The van der Waals surface area contributed by atoms with E-state index in [2.05, 4.69) is 15.0 Å². The predicted molar refractivity (Wildman–Crippen MR) is 90.0 cm³/mol. The summed E-state index contributed by atoms with van der Waals surface area (Å²) in [6.45, 7) is 4.46. The lowest BCUT2D eigenvalue weighted by atomic mass is 10.3. The summed E-state index contributed by atoms with van der Waals surface area (Å²) in [5.74, 6) is 1.43. The lowest BCUT2D eigenvalue weighted by Gasteiger charge is -2.20. The summed E-state index contributed by atoms with van der Waals surface area (Å²) in [7, 11) is 1.65. The average Bonchev–Trinajstić information content (AvgIpc) is 3.22. The van der Waals surface area contributed by atoms with E-state index in [-0.39, 0.29) is 5.91 Å². The fraction of sp³-hybridized carbons (Fsp3) is 0.562. The van der Waals surface area contributed by atoms with Crippen LogP contribution in [0.3, 0.4) is 0 Å². The van der Waals surface area contributed by atoms with Crippen molar-refractivity contribution in [2.24, 2.45) is 0 Å². The molecule has 0 unspecified atom stereocenters. The fourth-order valence-corrected chi connectivity index (χ4v) is 3.42. The quantitative estimate of drug-likeness (QED) is 0.789. The van der Waals surface area contributed by atoms with Crippen molar-refractivity contribution in [1.82, 2.24) is 19.9 Å². The number of methoxy groups -OCH3 is 1. The van der Waals surface area contributed by atoms with E-state index < -0.39 is 0 Å². The lowest BCUT2D eigenvalue weighted by Crippen LogP contribution is -2.34. The molecule has 7 nitrogen and oxygen atoms in total. The Bertz CT molecular complexity index is 644. The van der Waals surface area contributed by atoms with Gasteiger partial charge in [-0.1, -0.05) is 11.2 Å². The third kappa shape index (κ3) is 4.40. The van der Waals surface area contributed by atoms with E-state index in [1.54, 1.807) is 7.11 Å². The van der Waals surface area contributed by atoms with E-state index in [0.29, 0.717) is 31.3 Å². The van der Waals surface area contributed by atoms with E-state index in [9.17, 15) is 4.79 Å². The molecule has 1 saturated heterocycles. The molecule has 0 bridgehead atoms. The number of carbonyl (C=O) groups excluding carboxylic acids is 1. The van der Waals surface area contributed by atoms with Crippen molar-refractivity contribution in [3.63, 3.8) is 0 Å². The number of nitrogens with zero attached hydrogens (tertiary/aromatic N) is 4. The Kier molecular flexibility index (Phi) is 5.95. The second-order valence-corrected chi connectivity index (χ2v) is 6.69. The van der Waals surface area contributed by atoms with Crippen LogP contribution in [0.15, 0.2) is 22.0 Å². The first kappa shape index (κ1) is 17.1. The maximum atomic E-state index is 12.4. The number of rotatable bonds is 6. The van der Waals surface area contributed by atoms with Crippen LogP contribution in [0.5, 0.6) is 0 Å². The predicted octanol–water partition coefficient (Wildman–Crippen LogP) is 1.67. The Morgan fingerprint density at radius 1 is 1.38 bits per heavy atom. The van der Waals surface area contributed by atoms with Crippen LogP contribution in [0.4, 0.5) is 0 Å². The molecular weight excluding hydrogens is 328 g/mol. The van der Waals surface area contributed by atoms with Crippen LogP contribution >= 0.6 is 11.3 Å². The van der Waals surface area contributed by atoms with Crippen molar-refractivity contribution < 1.29 is 14.1 Å². The molecule has 3 rings (SSSR count). The SMILES string of the molecule is COCCc1noc(CN2CCCN(C(=O)c3cccs3)CC2)n1. The number of carbonyl (C=O) groups is 1. The molecule has 1 fully saturated rings. The molecule has 0 saturated carbocycles. The van der Waals surface area contributed by atoms with Gasteiger partial charge in [-0.25, -0.2) is 0 Å². The number of amides is 1. The van der Waals surface area contributed by atoms with Gasteiger partial charge >= 0.3 is 0 Å². The summed E-state index contributed by atoms with van der Waals surface area (Å²) >= 11 is 1.50. The molecule has 0 aromatic carbocycles. The number of hydrogen-bond donors (Lipinski definition) is 0.